The van der Waals surface area contributed by atoms with Crippen molar-refractivity contribution in [3.05, 3.63) is 11.1 Å². The number of hydrogen-bond acceptors (Lipinski definition) is 0. The van der Waals surface area contributed by atoms with Gasteiger partial charge in [-0.1, -0.05) is 37.8 Å². The fourth-order valence-corrected chi connectivity index (χ4v) is 1.18. The van der Waals surface area contributed by atoms with Gasteiger partial charge in [-0.25, -0.2) is 0 Å². The van der Waals surface area contributed by atoms with E-state index in [2.05, 4.69) is 27.7 Å². The van der Waals surface area contributed by atoms with Gasteiger partial charge >= 0.3 is 0 Å². The molecule has 0 saturated carbocycles. The predicted octanol–water partition coefficient (Wildman–Crippen LogP) is 3.10. The van der Waals surface area contributed by atoms with Gasteiger partial charge in [0.1, 0.15) is 0 Å². The van der Waals surface area contributed by atoms with Crippen LogP contribution in [0.5, 0.6) is 0 Å². The molecule has 0 heterocycles. The van der Waals surface area contributed by atoms with E-state index in [0.717, 1.165) is 0 Å². The van der Waals surface area contributed by atoms with Crippen molar-refractivity contribution in [2.75, 3.05) is 0 Å². The van der Waals surface area contributed by atoms with Gasteiger partial charge in [0.05, 0.1) is 0 Å². The third kappa shape index (κ3) is 6.11. The van der Waals surface area contributed by atoms with Gasteiger partial charge in [0.2, 0.25) is 0 Å². The molecule has 1 nitrogen and oxygen atoms in total. The van der Waals surface area contributed by atoms with Gasteiger partial charge in [0.25, 0.3) is 0 Å². The van der Waals surface area contributed by atoms with E-state index in [4.69, 9.17) is 0 Å². The first kappa shape index (κ1) is 13.3. The molecule has 0 aliphatic carbocycles. The zero-order valence-electron chi connectivity index (χ0n) is 8.33. The predicted molar refractivity (Wildman–Crippen MR) is 51.8 cm³/mol. The summed E-state index contributed by atoms with van der Waals surface area (Å²) in [6.07, 6.45) is 5.14. The molecule has 11 heavy (non-hydrogen) atoms. The van der Waals surface area contributed by atoms with Crippen LogP contribution in [0, 0.1) is 0 Å². The normalized spacial score (nSPS) is 12.0. The van der Waals surface area contributed by atoms with E-state index in [1.165, 1.54) is 25.7 Å². The second-order valence-corrected chi connectivity index (χ2v) is 3.06. The van der Waals surface area contributed by atoms with Crippen LogP contribution in [-0.4, -0.2) is 5.48 Å². The summed E-state index contributed by atoms with van der Waals surface area (Å²) >= 11 is 0. The molecule has 68 valence electrons. The molecule has 0 spiro atoms. The van der Waals surface area contributed by atoms with Crippen molar-refractivity contribution in [2.24, 2.45) is 0 Å². The van der Waals surface area contributed by atoms with Gasteiger partial charge in [0, 0.05) is 0 Å². The number of rotatable bonds is 4. The van der Waals surface area contributed by atoms with E-state index in [0.29, 0.717) is 0 Å². The van der Waals surface area contributed by atoms with E-state index in [1.807, 2.05) is 0 Å². The molecule has 0 radical (unpaired) electrons. The van der Waals surface area contributed by atoms with Gasteiger partial charge in [-0.05, 0) is 26.7 Å². The summed E-state index contributed by atoms with van der Waals surface area (Å²) in [5, 5.41) is 0. The fourth-order valence-electron chi connectivity index (χ4n) is 1.18. The Morgan fingerprint density at radius 2 is 1.09 bits per heavy atom. The first-order chi connectivity index (χ1) is 4.72. The van der Waals surface area contributed by atoms with Gasteiger partial charge in [-0.15, -0.1) is 0 Å². The molecule has 0 fully saturated rings. The van der Waals surface area contributed by atoms with Crippen LogP contribution in [0.4, 0.5) is 0 Å². The maximum Gasteiger partial charge on any atom is -0.0323 e. The summed E-state index contributed by atoms with van der Waals surface area (Å²) in [6, 6.07) is 0. The minimum atomic E-state index is 0. The highest BCUT2D eigenvalue weighted by atomic mass is 16.0. The van der Waals surface area contributed by atoms with Crippen LogP contribution in [0.15, 0.2) is 11.1 Å². The minimum Gasteiger partial charge on any atom is -0.412 e. The Bertz CT molecular complexity index is 100. The molecule has 0 bridgehead atoms. The lowest BCUT2D eigenvalue weighted by molar-refractivity contribution is 0.824. The lowest BCUT2D eigenvalue weighted by atomic mass is 10.0. The Kier molecular flexibility index (Phi) is 9.44. The molecule has 0 unspecified atom stereocenters. The maximum atomic E-state index is 2.26. The molecular formula is C10H22O. The molecule has 0 amide bonds. The van der Waals surface area contributed by atoms with E-state index in [9.17, 15) is 0 Å². The zero-order valence-corrected chi connectivity index (χ0v) is 8.33. The van der Waals surface area contributed by atoms with Crippen molar-refractivity contribution in [1.29, 1.82) is 0 Å². The number of allylic oxidation sites excluding steroid dienone is 2. The molecule has 0 aromatic heterocycles. The lowest BCUT2D eigenvalue weighted by Gasteiger charge is -2.04. The first-order valence-corrected chi connectivity index (χ1v) is 4.37. The Labute approximate surface area is 70.8 Å². The largest absolute Gasteiger partial charge is 0.412 e. The summed E-state index contributed by atoms with van der Waals surface area (Å²) in [5.41, 5.74) is 3.20. The zero-order chi connectivity index (χ0) is 7.98. The van der Waals surface area contributed by atoms with Gasteiger partial charge < -0.3 is 5.48 Å². The van der Waals surface area contributed by atoms with Crippen LogP contribution in [0.1, 0.15) is 53.4 Å². The lowest BCUT2D eigenvalue weighted by Crippen LogP contribution is -1.83. The van der Waals surface area contributed by atoms with E-state index in [1.54, 1.807) is 11.1 Å². The summed E-state index contributed by atoms with van der Waals surface area (Å²) in [7, 11) is 0. The standard InChI is InChI=1S/C10H20.H2O/c1-5-7-9(3)10(4)8-6-2;/h5-8H2,1-4H3;1H2/b10-9-;. The monoisotopic (exact) mass is 158 g/mol. The quantitative estimate of drug-likeness (QED) is 0.563. The molecule has 0 atom stereocenters. The van der Waals surface area contributed by atoms with Crippen molar-refractivity contribution >= 4 is 0 Å². The third-order valence-electron chi connectivity index (χ3n) is 1.98. The summed E-state index contributed by atoms with van der Waals surface area (Å²) in [5.74, 6) is 0. The highest BCUT2D eigenvalue weighted by molar-refractivity contribution is 5.08. The molecule has 0 saturated heterocycles. The average molecular weight is 158 g/mol. The van der Waals surface area contributed by atoms with Crippen molar-refractivity contribution < 1.29 is 5.48 Å². The SMILES string of the molecule is CCC/C(C)=C(/C)CCC.O. The summed E-state index contributed by atoms with van der Waals surface area (Å²) in [6.45, 7) is 8.99. The van der Waals surface area contributed by atoms with Crippen LogP contribution in [-0.2, 0) is 0 Å². The molecule has 0 aromatic rings. The Morgan fingerprint density at radius 3 is 1.27 bits per heavy atom. The molecule has 0 rings (SSSR count). The third-order valence-corrected chi connectivity index (χ3v) is 1.98. The maximum absolute atomic E-state index is 2.26. The fraction of sp³-hybridized carbons (Fsp3) is 0.800. The van der Waals surface area contributed by atoms with Crippen molar-refractivity contribution in [1.82, 2.24) is 0 Å². The van der Waals surface area contributed by atoms with Crippen LogP contribution in [0.2, 0.25) is 0 Å². The smallest absolute Gasteiger partial charge is 0.0323 e. The highest BCUT2D eigenvalue weighted by Gasteiger charge is 1.93. The molecular weight excluding hydrogens is 136 g/mol. The Hall–Kier alpha value is -0.300. The van der Waals surface area contributed by atoms with Crippen LogP contribution >= 0.6 is 0 Å². The van der Waals surface area contributed by atoms with E-state index in [-0.39, 0.29) is 5.48 Å². The Balaban J connectivity index is 0. The van der Waals surface area contributed by atoms with Crippen molar-refractivity contribution in [2.45, 2.75) is 53.4 Å². The molecule has 0 aliphatic heterocycles. The molecule has 0 aliphatic rings. The summed E-state index contributed by atoms with van der Waals surface area (Å²) in [4.78, 5) is 0. The van der Waals surface area contributed by atoms with E-state index < -0.39 is 0 Å². The molecule has 0 aromatic carbocycles. The van der Waals surface area contributed by atoms with Crippen LogP contribution < -0.4 is 0 Å². The van der Waals surface area contributed by atoms with Crippen LogP contribution in [0.25, 0.3) is 0 Å². The van der Waals surface area contributed by atoms with Crippen molar-refractivity contribution in [3.8, 4) is 0 Å². The highest BCUT2D eigenvalue weighted by Crippen LogP contribution is 2.13. The van der Waals surface area contributed by atoms with Crippen LogP contribution in [0.3, 0.4) is 0 Å². The topological polar surface area (TPSA) is 31.5 Å². The Morgan fingerprint density at radius 1 is 0.818 bits per heavy atom. The van der Waals surface area contributed by atoms with Crippen molar-refractivity contribution in [3.63, 3.8) is 0 Å². The summed E-state index contributed by atoms with van der Waals surface area (Å²) < 4.78 is 0. The first-order valence-electron chi connectivity index (χ1n) is 4.37. The van der Waals surface area contributed by atoms with E-state index >= 15 is 0 Å². The number of hydrogen-bond donors (Lipinski definition) is 0. The second-order valence-electron chi connectivity index (χ2n) is 3.06. The van der Waals surface area contributed by atoms with Gasteiger partial charge in [0.15, 0.2) is 0 Å². The van der Waals surface area contributed by atoms with Gasteiger partial charge in [-0.3, -0.25) is 0 Å². The second kappa shape index (κ2) is 7.80. The molecule has 2 N–H and O–H groups in total. The van der Waals surface area contributed by atoms with Gasteiger partial charge in [-0.2, -0.15) is 0 Å². The minimum absolute atomic E-state index is 0. The molecule has 1 heteroatoms. The average Bonchev–Trinajstić information content (AvgIpc) is 1.89.